The molecule has 4 nitrogen and oxygen atoms in total. The van der Waals surface area contributed by atoms with Crippen molar-refractivity contribution in [2.24, 2.45) is 0 Å². The van der Waals surface area contributed by atoms with E-state index in [4.69, 9.17) is 11.6 Å². The summed E-state index contributed by atoms with van der Waals surface area (Å²) in [7, 11) is 0. The Balaban J connectivity index is 0.000000193. The van der Waals surface area contributed by atoms with Gasteiger partial charge in [-0.25, -0.2) is 0 Å². The lowest BCUT2D eigenvalue weighted by Crippen LogP contribution is -2.61. The van der Waals surface area contributed by atoms with Crippen molar-refractivity contribution < 1.29 is 0 Å². The van der Waals surface area contributed by atoms with E-state index in [1.165, 1.54) is 170 Å². The van der Waals surface area contributed by atoms with Crippen molar-refractivity contribution in [3.8, 4) is 0 Å². The standard InChI is InChI=1S/C52H63BN2.C52H65ClN2/c1-49(2,3)36-20-16-22-40(30-36)54-44-32-38(51(7,8)9)24-26-42(44)53-43-27-25-39(52(10,11)12)33-45(43)55(41-23-17-21-37(31-41)50(4,5)6)47-29-35(28-46(54)48(47)53)34-18-14-13-15-19-34;1-49(2,3)38-22-16-26-42(32-38)54(43-27-17-23-39(33-43)50(4,5)6)46-30-37(36-20-14-13-15-21-36)31-47(48(46)53)55(44-28-18-24-40(34-44)51(7,8)9)45-29-19-25-41(35-45)52(10,11)12/h16-17,20-34H,13-15,18-19H2,1-12H3;16-19,22-36H,13-15,20-21H2,1-12H3. The third-order valence-electron chi connectivity index (χ3n) is 24.3. The fourth-order valence-electron chi connectivity index (χ4n) is 17.3. The average molecular weight is 1480 g/mol. The van der Waals surface area contributed by atoms with E-state index >= 15 is 0 Å². The monoisotopic (exact) mass is 1480 g/mol. The third kappa shape index (κ3) is 16.6. The average Bonchev–Trinajstić information content (AvgIpc) is 0.692. The van der Waals surface area contributed by atoms with E-state index in [0.29, 0.717) is 11.8 Å². The highest BCUT2D eigenvalue weighted by Gasteiger charge is 2.45. The van der Waals surface area contributed by atoms with E-state index in [1.54, 1.807) is 0 Å². The summed E-state index contributed by atoms with van der Waals surface area (Å²) in [6.07, 6.45) is 12.7. The molecule has 10 aromatic rings. The number of hydrogen-bond donors (Lipinski definition) is 0. The fourth-order valence-corrected chi connectivity index (χ4v) is 17.6. The Morgan fingerprint density at radius 2 is 0.545 bits per heavy atom. The highest BCUT2D eigenvalue weighted by molar-refractivity contribution is 7.00. The molecule has 2 fully saturated rings. The summed E-state index contributed by atoms with van der Waals surface area (Å²) in [5.74, 6) is 1.03. The first-order valence-corrected chi connectivity index (χ1v) is 42.0. The molecule has 0 aromatic heterocycles. The fraction of sp³-hybridized carbons (Fsp3) is 0.423. The van der Waals surface area contributed by atoms with Gasteiger partial charge in [-0.15, -0.1) is 0 Å². The molecule has 0 radical (unpaired) electrons. The number of halogens is 1. The largest absolute Gasteiger partial charge is 0.311 e. The number of rotatable bonds is 10. The molecule has 574 valence electrons. The number of benzene rings is 10. The minimum atomic E-state index is -0.0131. The van der Waals surface area contributed by atoms with Crippen LogP contribution in [0.15, 0.2) is 206 Å². The molecule has 14 rings (SSSR count). The topological polar surface area (TPSA) is 13.0 Å². The van der Waals surface area contributed by atoms with Gasteiger partial charge in [-0.1, -0.05) is 313 Å². The minimum absolute atomic E-state index is 0.0131. The first-order valence-electron chi connectivity index (χ1n) is 41.7. The van der Waals surface area contributed by atoms with Gasteiger partial charge in [0.2, 0.25) is 0 Å². The maximum absolute atomic E-state index is 8.04. The third-order valence-corrected chi connectivity index (χ3v) is 24.7. The highest BCUT2D eigenvalue weighted by Crippen LogP contribution is 2.54. The van der Waals surface area contributed by atoms with Crippen LogP contribution < -0.4 is 36.0 Å². The van der Waals surface area contributed by atoms with Gasteiger partial charge in [0.05, 0.1) is 16.4 Å². The number of hydrogen-bond acceptors (Lipinski definition) is 4. The molecule has 2 aliphatic heterocycles. The minimum Gasteiger partial charge on any atom is -0.311 e. The summed E-state index contributed by atoms with van der Waals surface area (Å²) in [6.45, 7) is 55.7. The molecule has 6 heteroatoms. The molecule has 0 saturated heterocycles. The Morgan fingerprint density at radius 3 is 0.836 bits per heavy atom. The molecule has 110 heavy (non-hydrogen) atoms. The van der Waals surface area contributed by atoms with Crippen LogP contribution in [0.5, 0.6) is 0 Å². The maximum Gasteiger partial charge on any atom is 0.252 e. The van der Waals surface area contributed by atoms with E-state index in [2.05, 4.69) is 392 Å². The van der Waals surface area contributed by atoms with Crippen LogP contribution in [0.4, 0.5) is 68.2 Å². The van der Waals surface area contributed by atoms with Crippen LogP contribution in [0, 0.1) is 0 Å². The normalized spacial score (nSPS) is 15.4. The zero-order valence-corrected chi connectivity index (χ0v) is 72.4. The second-order valence-corrected chi connectivity index (χ2v) is 41.5. The highest BCUT2D eigenvalue weighted by atomic mass is 35.5. The van der Waals surface area contributed by atoms with Crippen LogP contribution in [0.25, 0.3) is 0 Å². The van der Waals surface area contributed by atoms with Crippen molar-refractivity contribution >= 4 is 103 Å². The molecule has 0 bridgehead atoms. The van der Waals surface area contributed by atoms with Crippen LogP contribution >= 0.6 is 11.6 Å². The molecule has 0 amide bonds. The molecule has 2 heterocycles. The predicted molar refractivity (Wildman–Crippen MR) is 483 cm³/mol. The van der Waals surface area contributed by atoms with Gasteiger partial charge in [-0.2, -0.15) is 0 Å². The Bertz CT molecular complexity index is 4580. The molecule has 0 unspecified atom stereocenters. The van der Waals surface area contributed by atoms with E-state index in [-0.39, 0.29) is 50.0 Å². The summed E-state index contributed by atoms with van der Waals surface area (Å²) in [5.41, 5.74) is 32.0. The number of anilines is 12. The summed E-state index contributed by atoms with van der Waals surface area (Å²) < 4.78 is 0. The van der Waals surface area contributed by atoms with Crippen molar-refractivity contribution in [2.75, 3.05) is 19.6 Å². The van der Waals surface area contributed by atoms with Crippen molar-refractivity contribution in [1.29, 1.82) is 0 Å². The van der Waals surface area contributed by atoms with Gasteiger partial charge >= 0.3 is 0 Å². The number of nitrogens with zero attached hydrogens (tertiary/aromatic N) is 4. The second kappa shape index (κ2) is 30.0. The molecular formula is C104H128BClN4. The van der Waals surface area contributed by atoms with E-state index in [0.717, 1.165) is 39.1 Å². The van der Waals surface area contributed by atoms with Crippen LogP contribution in [-0.2, 0) is 43.3 Å². The van der Waals surface area contributed by atoms with Gasteiger partial charge in [0.15, 0.2) is 0 Å². The SMILES string of the molecule is CC(C)(C)c1cccc(N(c2cccc(C(C)(C)C)c2)c2cc(C3CCCCC3)cc(N(c3cccc(C(C)(C)C)c3)c3cccc(C(C)(C)C)c3)c2Cl)c1.CC(C)(C)c1cccc(N2c3cc(C(C)(C)C)ccc3B3c4ccc(C(C)(C)C)cc4N(c4cccc(C(C)(C)C)c4)c4cc(C5CCCCC5)cc2c43)c1. The lowest BCUT2D eigenvalue weighted by Gasteiger charge is -2.46. The van der Waals surface area contributed by atoms with Crippen LogP contribution in [0.2, 0.25) is 5.02 Å². The molecule has 0 N–H and O–H groups in total. The summed E-state index contributed by atoms with van der Waals surface area (Å²) in [6, 6.07) is 80.0. The molecule has 0 atom stereocenters. The van der Waals surface area contributed by atoms with Crippen LogP contribution in [0.3, 0.4) is 0 Å². The van der Waals surface area contributed by atoms with Gasteiger partial charge in [0, 0.05) is 56.9 Å². The molecule has 2 aliphatic carbocycles. The summed E-state index contributed by atoms with van der Waals surface area (Å²) >= 11 is 8.04. The lowest BCUT2D eigenvalue weighted by atomic mass is 9.33. The molecule has 2 saturated carbocycles. The van der Waals surface area contributed by atoms with Gasteiger partial charge in [0.25, 0.3) is 6.71 Å². The smallest absolute Gasteiger partial charge is 0.252 e. The van der Waals surface area contributed by atoms with Crippen molar-refractivity contribution in [3.63, 3.8) is 0 Å². The lowest BCUT2D eigenvalue weighted by molar-refractivity contribution is 0.444. The van der Waals surface area contributed by atoms with E-state index < -0.39 is 0 Å². The molecule has 10 aromatic carbocycles. The quantitative estimate of drug-likeness (QED) is 0.127. The Kier molecular flexibility index (Phi) is 21.8. The molecular weight excluding hydrogens is 1350 g/mol. The summed E-state index contributed by atoms with van der Waals surface area (Å²) in [5, 5.41) is 0.740. The van der Waals surface area contributed by atoms with Gasteiger partial charge < -0.3 is 19.6 Å². The zero-order chi connectivity index (χ0) is 79.2. The Morgan fingerprint density at radius 1 is 0.282 bits per heavy atom. The van der Waals surface area contributed by atoms with Crippen molar-refractivity contribution in [1.82, 2.24) is 0 Å². The van der Waals surface area contributed by atoms with Gasteiger partial charge in [-0.05, 0) is 262 Å². The van der Waals surface area contributed by atoms with Crippen molar-refractivity contribution in [2.45, 2.75) is 286 Å². The second-order valence-electron chi connectivity index (χ2n) is 41.1. The van der Waals surface area contributed by atoms with Crippen LogP contribution in [0.1, 0.15) is 298 Å². The van der Waals surface area contributed by atoms with Gasteiger partial charge in [-0.3, -0.25) is 0 Å². The van der Waals surface area contributed by atoms with Crippen molar-refractivity contribution in [3.05, 3.63) is 267 Å². The first kappa shape index (κ1) is 79.8. The van der Waals surface area contributed by atoms with Crippen LogP contribution in [-0.4, -0.2) is 6.71 Å². The summed E-state index contributed by atoms with van der Waals surface area (Å²) in [4.78, 5) is 10.2. The van der Waals surface area contributed by atoms with E-state index in [1.807, 2.05) is 0 Å². The maximum atomic E-state index is 8.04. The number of fused-ring (bicyclic) bond motifs is 4. The van der Waals surface area contributed by atoms with E-state index in [9.17, 15) is 0 Å². The zero-order valence-electron chi connectivity index (χ0n) is 71.6. The Hall–Kier alpha value is -8.25. The Labute approximate surface area is 670 Å². The molecule has 4 aliphatic rings. The molecule has 0 spiro atoms. The van der Waals surface area contributed by atoms with Gasteiger partial charge in [0.1, 0.15) is 0 Å². The first-order chi connectivity index (χ1) is 51.5. The predicted octanol–water partition coefficient (Wildman–Crippen LogP) is 29.5.